The first-order valence-electron chi connectivity index (χ1n) is 7.69. The van der Waals surface area contributed by atoms with E-state index in [-0.39, 0.29) is 44.9 Å². The van der Waals surface area contributed by atoms with E-state index < -0.39 is 11.6 Å². The highest BCUT2D eigenvalue weighted by Crippen LogP contribution is 2.43. The lowest BCUT2D eigenvalue weighted by atomic mass is 9.80. The third-order valence-corrected chi connectivity index (χ3v) is 4.51. The Morgan fingerprint density at radius 3 is 2.36 bits per heavy atom. The van der Waals surface area contributed by atoms with Gasteiger partial charge >= 0.3 is 0 Å². The topological polar surface area (TPSA) is 83.8 Å². The van der Waals surface area contributed by atoms with Crippen LogP contribution in [0.25, 0.3) is 10.8 Å². The van der Waals surface area contributed by atoms with Gasteiger partial charge in [0.25, 0.3) is 0 Å². The third-order valence-electron chi connectivity index (χ3n) is 4.51. The molecule has 0 fully saturated rings. The molecule has 1 aliphatic carbocycles. The molecule has 0 saturated carbocycles. The van der Waals surface area contributed by atoms with Crippen molar-refractivity contribution in [3.05, 3.63) is 64.2 Å². The highest BCUT2D eigenvalue weighted by Gasteiger charge is 2.36. The molecule has 3 aromatic carbocycles. The molecule has 4 rings (SSSR count). The minimum absolute atomic E-state index is 0.0262. The largest absolute Gasteiger partial charge is 0.507 e. The van der Waals surface area contributed by atoms with Gasteiger partial charge in [-0.05, 0) is 36.1 Å². The van der Waals surface area contributed by atoms with Crippen LogP contribution in [0, 0.1) is 6.92 Å². The normalized spacial score (nSPS) is 12.9. The Morgan fingerprint density at radius 1 is 0.880 bits per heavy atom. The van der Waals surface area contributed by atoms with Gasteiger partial charge in [0, 0.05) is 16.5 Å². The molecule has 0 unspecified atom stereocenters. The molecule has 0 heterocycles. The van der Waals surface area contributed by atoms with Crippen LogP contribution in [-0.2, 0) is 0 Å². The van der Waals surface area contributed by atoms with Crippen LogP contribution in [0.4, 0.5) is 0 Å². The van der Waals surface area contributed by atoms with E-state index in [4.69, 9.17) is 4.74 Å². The number of hydrogen-bond acceptors (Lipinski definition) is 5. The number of methoxy groups -OCH3 is 1. The highest BCUT2D eigenvalue weighted by molar-refractivity contribution is 6.34. The van der Waals surface area contributed by atoms with E-state index >= 15 is 0 Å². The quantitative estimate of drug-likeness (QED) is 0.558. The number of benzene rings is 3. The summed E-state index contributed by atoms with van der Waals surface area (Å²) < 4.78 is 5.21. The lowest BCUT2D eigenvalue weighted by molar-refractivity contribution is 0.0975. The molecular weight excluding hydrogens is 320 g/mol. The second-order valence-electron chi connectivity index (χ2n) is 6.07. The molecule has 0 radical (unpaired) electrons. The maximum absolute atomic E-state index is 13.1. The molecule has 0 spiro atoms. The molecule has 0 atom stereocenters. The maximum Gasteiger partial charge on any atom is 0.202 e. The number of aromatic hydroxyl groups is 2. The average molecular weight is 334 g/mol. The molecule has 0 amide bonds. The molecule has 0 aliphatic heterocycles. The molecule has 5 nitrogen and oxygen atoms in total. The van der Waals surface area contributed by atoms with Crippen molar-refractivity contribution in [2.45, 2.75) is 6.92 Å². The summed E-state index contributed by atoms with van der Waals surface area (Å²) in [5.74, 6) is -1.04. The van der Waals surface area contributed by atoms with Gasteiger partial charge in [-0.3, -0.25) is 9.59 Å². The number of aryl methyl sites for hydroxylation is 1. The standard InChI is InChI=1S/C20H14O5/c1-9-6-10-8-13(22)17-18(15(10)12(21)7-9)19(23)11-4-3-5-14(25-2)16(11)20(17)24/h3-8,21-22H,1-2H3. The van der Waals surface area contributed by atoms with E-state index in [1.807, 2.05) is 0 Å². The number of ketones is 2. The predicted molar refractivity (Wildman–Crippen MR) is 91.9 cm³/mol. The number of carbonyl (C=O) groups excluding carboxylic acids is 2. The molecule has 5 heteroatoms. The van der Waals surface area contributed by atoms with Gasteiger partial charge in [0.15, 0.2) is 5.78 Å². The Labute approximate surface area is 143 Å². The van der Waals surface area contributed by atoms with Crippen molar-refractivity contribution in [2.75, 3.05) is 7.11 Å². The number of fused-ring (bicyclic) bond motifs is 4. The monoisotopic (exact) mass is 334 g/mol. The van der Waals surface area contributed by atoms with Crippen molar-refractivity contribution >= 4 is 22.3 Å². The lowest BCUT2D eigenvalue weighted by Crippen LogP contribution is -2.22. The van der Waals surface area contributed by atoms with E-state index in [0.717, 1.165) is 5.56 Å². The van der Waals surface area contributed by atoms with Gasteiger partial charge in [-0.25, -0.2) is 0 Å². The number of carbonyl (C=O) groups is 2. The third kappa shape index (κ3) is 1.96. The van der Waals surface area contributed by atoms with E-state index in [1.54, 1.807) is 31.2 Å². The average Bonchev–Trinajstić information content (AvgIpc) is 2.57. The van der Waals surface area contributed by atoms with Gasteiger partial charge in [0.1, 0.15) is 17.2 Å². The van der Waals surface area contributed by atoms with Gasteiger partial charge < -0.3 is 14.9 Å². The summed E-state index contributed by atoms with van der Waals surface area (Å²) in [5.41, 5.74) is 1.03. The fourth-order valence-corrected chi connectivity index (χ4v) is 3.49. The Morgan fingerprint density at radius 2 is 1.64 bits per heavy atom. The second-order valence-corrected chi connectivity index (χ2v) is 6.07. The van der Waals surface area contributed by atoms with Crippen molar-refractivity contribution in [3.8, 4) is 17.2 Å². The molecule has 2 N–H and O–H groups in total. The van der Waals surface area contributed by atoms with Crippen LogP contribution in [0.3, 0.4) is 0 Å². The lowest BCUT2D eigenvalue weighted by Gasteiger charge is -2.22. The van der Waals surface area contributed by atoms with Crippen molar-refractivity contribution in [2.24, 2.45) is 0 Å². The summed E-state index contributed by atoms with van der Waals surface area (Å²) >= 11 is 0. The van der Waals surface area contributed by atoms with Gasteiger partial charge in [-0.2, -0.15) is 0 Å². The molecule has 0 aromatic heterocycles. The van der Waals surface area contributed by atoms with E-state index in [1.165, 1.54) is 19.2 Å². The molecular formula is C20H14O5. The summed E-state index contributed by atoms with van der Waals surface area (Å²) in [5, 5.41) is 21.6. The SMILES string of the molecule is COc1cccc2c1C(=O)c1c(O)cc3cc(C)cc(O)c3c1C2=O. The molecule has 3 aromatic rings. The van der Waals surface area contributed by atoms with Crippen molar-refractivity contribution in [1.82, 2.24) is 0 Å². The zero-order valence-electron chi connectivity index (χ0n) is 13.6. The first-order valence-corrected chi connectivity index (χ1v) is 7.69. The molecule has 0 saturated heterocycles. The summed E-state index contributed by atoms with van der Waals surface area (Å²) in [7, 11) is 1.41. The van der Waals surface area contributed by atoms with E-state index in [2.05, 4.69) is 0 Å². The van der Waals surface area contributed by atoms with Gasteiger partial charge in [0.2, 0.25) is 5.78 Å². The van der Waals surface area contributed by atoms with Crippen LogP contribution in [0.15, 0.2) is 36.4 Å². The Bertz CT molecular complexity index is 1100. The Balaban J connectivity index is 2.17. The summed E-state index contributed by atoms with van der Waals surface area (Å²) in [6.07, 6.45) is 0. The first kappa shape index (κ1) is 15.2. The Hall–Kier alpha value is -3.34. The van der Waals surface area contributed by atoms with Gasteiger partial charge in [-0.1, -0.05) is 18.2 Å². The molecule has 25 heavy (non-hydrogen) atoms. The fourth-order valence-electron chi connectivity index (χ4n) is 3.49. The van der Waals surface area contributed by atoms with Crippen molar-refractivity contribution in [3.63, 3.8) is 0 Å². The summed E-state index contributed by atoms with van der Waals surface area (Å²) in [4.78, 5) is 26.1. The van der Waals surface area contributed by atoms with E-state index in [9.17, 15) is 19.8 Å². The molecule has 1 aliphatic rings. The van der Waals surface area contributed by atoms with Crippen LogP contribution in [0.1, 0.15) is 37.4 Å². The maximum atomic E-state index is 13.1. The second kappa shape index (κ2) is 5.08. The zero-order chi connectivity index (χ0) is 17.9. The van der Waals surface area contributed by atoms with Crippen LogP contribution in [0.2, 0.25) is 0 Å². The van der Waals surface area contributed by atoms with E-state index in [0.29, 0.717) is 5.39 Å². The van der Waals surface area contributed by atoms with Gasteiger partial charge in [0.05, 0.1) is 18.2 Å². The van der Waals surface area contributed by atoms with Crippen molar-refractivity contribution < 1.29 is 24.5 Å². The zero-order valence-corrected chi connectivity index (χ0v) is 13.6. The van der Waals surface area contributed by atoms with Crippen LogP contribution in [0.5, 0.6) is 17.2 Å². The fraction of sp³-hybridized carbons (Fsp3) is 0.100. The number of ether oxygens (including phenoxy) is 1. The first-order chi connectivity index (χ1) is 11.9. The van der Waals surface area contributed by atoms with Crippen LogP contribution >= 0.6 is 0 Å². The predicted octanol–water partition coefficient (Wildman–Crippen LogP) is 3.34. The minimum atomic E-state index is -0.499. The van der Waals surface area contributed by atoms with Crippen LogP contribution < -0.4 is 4.74 Å². The van der Waals surface area contributed by atoms with Crippen molar-refractivity contribution in [1.29, 1.82) is 0 Å². The highest BCUT2D eigenvalue weighted by atomic mass is 16.5. The van der Waals surface area contributed by atoms with Crippen LogP contribution in [-0.4, -0.2) is 28.9 Å². The number of hydrogen-bond donors (Lipinski definition) is 2. The smallest absolute Gasteiger partial charge is 0.202 e. The number of rotatable bonds is 1. The molecule has 0 bridgehead atoms. The number of phenolic OH excluding ortho intramolecular Hbond substituents is 2. The van der Waals surface area contributed by atoms with Gasteiger partial charge in [-0.15, -0.1) is 0 Å². The Kier molecular flexibility index (Phi) is 3.09. The summed E-state index contributed by atoms with van der Waals surface area (Å²) in [6, 6.07) is 9.43. The molecule has 124 valence electrons. The summed E-state index contributed by atoms with van der Waals surface area (Å²) in [6.45, 7) is 1.79. The minimum Gasteiger partial charge on any atom is -0.507 e. The number of phenols is 2.